The van der Waals surface area contributed by atoms with Crippen LogP contribution in [0.15, 0.2) is 48.5 Å². The van der Waals surface area contributed by atoms with Crippen LogP contribution >= 0.6 is 0 Å². The van der Waals surface area contributed by atoms with E-state index in [-0.39, 0.29) is 35.8 Å². The van der Waals surface area contributed by atoms with Crippen molar-refractivity contribution in [1.29, 1.82) is 0 Å². The number of carbonyl (C=O) groups is 1. The minimum Gasteiger partial charge on any atom is -0.487 e. The number of morpholine rings is 1. The lowest BCUT2D eigenvalue weighted by atomic mass is 9.73. The second-order valence-corrected chi connectivity index (χ2v) is 11.3. The number of carbonyl (C=O) groups excluding carboxylic acids is 1. The number of amides is 1. The molecular weight excluding hydrogens is 466 g/mol. The molecule has 200 valence electrons. The molecule has 1 amide bonds. The Hall–Kier alpha value is -2.61. The summed E-state index contributed by atoms with van der Waals surface area (Å²) in [6.45, 7) is 7.86. The second kappa shape index (κ2) is 11.0. The third-order valence-electron chi connectivity index (χ3n) is 8.05. The number of aliphatic hydroxyl groups excluding tert-OH is 1. The van der Waals surface area contributed by atoms with Gasteiger partial charge >= 0.3 is 0 Å². The summed E-state index contributed by atoms with van der Waals surface area (Å²) in [7, 11) is 0. The molecule has 0 bridgehead atoms. The summed E-state index contributed by atoms with van der Waals surface area (Å²) in [6.07, 6.45) is 4.43. The minimum atomic E-state index is -0.725. The molecule has 3 aliphatic rings. The van der Waals surface area contributed by atoms with Crippen LogP contribution in [0, 0.1) is 0 Å². The van der Waals surface area contributed by atoms with E-state index in [9.17, 15) is 9.90 Å². The molecule has 0 aromatic heterocycles. The van der Waals surface area contributed by atoms with Gasteiger partial charge in [-0.25, -0.2) is 0 Å². The van der Waals surface area contributed by atoms with E-state index in [4.69, 9.17) is 9.47 Å². The van der Waals surface area contributed by atoms with Crippen LogP contribution in [0.5, 0.6) is 5.75 Å². The van der Waals surface area contributed by atoms with Crippen LogP contribution < -0.4 is 20.3 Å². The van der Waals surface area contributed by atoms with E-state index in [1.165, 1.54) is 19.0 Å². The van der Waals surface area contributed by atoms with E-state index >= 15 is 0 Å². The first-order valence-electron chi connectivity index (χ1n) is 13.8. The lowest BCUT2D eigenvalue weighted by molar-refractivity contribution is -0.120. The molecule has 2 aromatic rings. The van der Waals surface area contributed by atoms with Gasteiger partial charge in [0, 0.05) is 50.3 Å². The van der Waals surface area contributed by atoms with Crippen LogP contribution in [0.1, 0.15) is 63.6 Å². The van der Waals surface area contributed by atoms with Gasteiger partial charge in [-0.2, -0.15) is 0 Å². The molecule has 2 aliphatic heterocycles. The molecule has 37 heavy (non-hydrogen) atoms. The Kier molecular flexibility index (Phi) is 7.75. The minimum absolute atomic E-state index is 0.0734. The first kappa shape index (κ1) is 26.0. The topological polar surface area (TPSA) is 83.1 Å². The molecule has 0 radical (unpaired) electrons. The number of nitrogens with zero attached hydrogens (tertiary/aromatic N) is 1. The van der Waals surface area contributed by atoms with E-state index in [2.05, 4.69) is 47.6 Å². The predicted octanol–water partition coefficient (Wildman–Crippen LogP) is 3.74. The Morgan fingerprint density at radius 2 is 1.86 bits per heavy atom. The van der Waals surface area contributed by atoms with E-state index in [1.807, 2.05) is 30.3 Å². The molecule has 5 rings (SSSR count). The largest absolute Gasteiger partial charge is 0.487 e. The van der Waals surface area contributed by atoms with Gasteiger partial charge in [0.15, 0.2) is 0 Å². The Balaban J connectivity index is 1.33. The smallest absolute Gasteiger partial charge is 0.217 e. The highest BCUT2D eigenvalue weighted by Gasteiger charge is 2.45. The van der Waals surface area contributed by atoms with Crippen molar-refractivity contribution in [2.45, 2.75) is 88.9 Å². The lowest BCUT2D eigenvalue weighted by Gasteiger charge is -2.48. The molecule has 1 spiro atoms. The summed E-state index contributed by atoms with van der Waals surface area (Å²) in [6, 6.07) is 16.2. The molecule has 2 aromatic carbocycles. The molecule has 2 heterocycles. The summed E-state index contributed by atoms with van der Waals surface area (Å²) < 4.78 is 12.5. The number of anilines is 1. The highest BCUT2D eigenvalue weighted by atomic mass is 16.5. The fraction of sp³-hybridized carbons (Fsp3) is 0.567. The summed E-state index contributed by atoms with van der Waals surface area (Å²) in [4.78, 5) is 14.3. The maximum Gasteiger partial charge on any atom is 0.217 e. The molecule has 7 nitrogen and oxygen atoms in total. The number of hydrogen-bond acceptors (Lipinski definition) is 6. The van der Waals surface area contributed by atoms with Gasteiger partial charge in [0.2, 0.25) is 5.91 Å². The molecule has 0 unspecified atom stereocenters. The number of aliphatic hydroxyl groups is 1. The van der Waals surface area contributed by atoms with Gasteiger partial charge in [-0.1, -0.05) is 30.3 Å². The van der Waals surface area contributed by atoms with Crippen LogP contribution in [0.3, 0.4) is 0 Å². The van der Waals surface area contributed by atoms with Crippen LogP contribution in [-0.2, 0) is 16.0 Å². The highest BCUT2D eigenvalue weighted by molar-refractivity contribution is 5.73. The van der Waals surface area contributed by atoms with Crippen molar-refractivity contribution in [3.63, 3.8) is 0 Å². The molecule has 2 fully saturated rings. The van der Waals surface area contributed by atoms with Gasteiger partial charge in [-0.3, -0.25) is 4.79 Å². The lowest BCUT2D eigenvalue weighted by Crippen LogP contribution is -2.52. The number of ether oxygens (including phenoxy) is 2. The van der Waals surface area contributed by atoms with Gasteiger partial charge in [-0.15, -0.1) is 0 Å². The fourth-order valence-corrected chi connectivity index (χ4v) is 6.12. The van der Waals surface area contributed by atoms with Gasteiger partial charge in [-0.05, 0) is 63.3 Å². The van der Waals surface area contributed by atoms with Crippen molar-refractivity contribution in [2.75, 3.05) is 24.5 Å². The van der Waals surface area contributed by atoms with Gasteiger partial charge in [0.25, 0.3) is 0 Å². The molecule has 7 heteroatoms. The van der Waals surface area contributed by atoms with Crippen molar-refractivity contribution in [3.05, 3.63) is 59.7 Å². The van der Waals surface area contributed by atoms with Gasteiger partial charge in [0.1, 0.15) is 11.4 Å². The number of fused-ring (bicyclic) bond motifs is 1. The first-order chi connectivity index (χ1) is 17.8. The number of nitrogens with one attached hydrogen (secondary N) is 2. The standard InChI is InChI=1S/C30H41N3O4/c1-20-18-33(19-21(2)36-20)24-10-11-29-25(15-24)27(16-30(37-29)12-7-13-30)31-17-28(35)26(32-22(3)34)14-23-8-5-4-6-9-23/h4-6,8-11,15,20-21,26-28,31,35H,7,12-14,16-19H2,1-3H3,(H,32,34)/t20-,21+,26-,27-,28+/m0/s1. The van der Waals surface area contributed by atoms with Crippen molar-refractivity contribution < 1.29 is 19.4 Å². The predicted molar refractivity (Wildman–Crippen MR) is 145 cm³/mol. The zero-order valence-electron chi connectivity index (χ0n) is 22.3. The van der Waals surface area contributed by atoms with E-state index in [0.717, 1.165) is 49.2 Å². The fourth-order valence-electron chi connectivity index (χ4n) is 6.12. The SMILES string of the molecule is CC(=O)N[C@@H](Cc1ccccc1)[C@H](O)CN[C@H]1CC2(CCC2)Oc2ccc(N3C[C@@H](C)O[C@@H](C)C3)cc21. The number of hydrogen-bond donors (Lipinski definition) is 3. The normalized spacial score (nSPS) is 25.9. The third-order valence-corrected chi connectivity index (χ3v) is 8.05. The second-order valence-electron chi connectivity index (χ2n) is 11.3. The Morgan fingerprint density at radius 3 is 2.51 bits per heavy atom. The summed E-state index contributed by atoms with van der Waals surface area (Å²) in [5.41, 5.74) is 3.30. The van der Waals surface area contributed by atoms with Gasteiger partial charge < -0.3 is 30.1 Å². The van der Waals surface area contributed by atoms with E-state index < -0.39 is 6.10 Å². The van der Waals surface area contributed by atoms with Crippen molar-refractivity contribution in [2.24, 2.45) is 0 Å². The monoisotopic (exact) mass is 507 g/mol. The summed E-state index contributed by atoms with van der Waals surface area (Å²) >= 11 is 0. The van der Waals surface area contributed by atoms with Crippen LogP contribution in [0.2, 0.25) is 0 Å². The molecule has 1 saturated carbocycles. The quantitative estimate of drug-likeness (QED) is 0.505. The molecule has 1 saturated heterocycles. The third kappa shape index (κ3) is 6.11. The van der Waals surface area contributed by atoms with Gasteiger partial charge in [0.05, 0.1) is 24.4 Å². The van der Waals surface area contributed by atoms with Crippen molar-refractivity contribution >= 4 is 11.6 Å². The first-order valence-corrected chi connectivity index (χ1v) is 13.8. The summed E-state index contributed by atoms with van der Waals surface area (Å²) in [5.74, 6) is 0.808. The number of benzene rings is 2. The molecular formula is C30H41N3O4. The zero-order chi connectivity index (χ0) is 26.0. The highest BCUT2D eigenvalue weighted by Crippen LogP contribution is 2.49. The molecule has 5 atom stereocenters. The maximum absolute atomic E-state index is 11.9. The zero-order valence-corrected chi connectivity index (χ0v) is 22.3. The Bertz CT molecular complexity index is 1060. The van der Waals surface area contributed by atoms with Crippen LogP contribution in [-0.4, -0.2) is 60.6 Å². The average molecular weight is 508 g/mol. The Morgan fingerprint density at radius 1 is 1.14 bits per heavy atom. The maximum atomic E-state index is 11.9. The van der Waals surface area contributed by atoms with Crippen molar-refractivity contribution in [1.82, 2.24) is 10.6 Å². The molecule has 1 aliphatic carbocycles. The molecule has 3 N–H and O–H groups in total. The van der Waals surface area contributed by atoms with E-state index in [1.54, 1.807) is 0 Å². The Labute approximate surface area is 220 Å². The van der Waals surface area contributed by atoms with Crippen molar-refractivity contribution in [3.8, 4) is 5.75 Å². The average Bonchev–Trinajstić information content (AvgIpc) is 2.85. The summed E-state index contributed by atoms with van der Waals surface area (Å²) in [5, 5.41) is 17.8. The van der Waals surface area contributed by atoms with E-state index in [0.29, 0.717) is 13.0 Å². The number of rotatable bonds is 8. The van der Waals surface area contributed by atoms with Crippen LogP contribution in [0.4, 0.5) is 5.69 Å². The van der Waals surface area contributed by atoms with Crippen LogP contribution in [0.25, 0.3) is 0 Å².